The van der Waals surface area contributed by atoms with E-state index in [-0.39, 0.29) is 11.4 Å². The zero-order chi connectivity index (χ0) is 10.3. The minimum Gasteiger partial charge on any atom is -0.486 e. The minimum absolute atomic E-state index is 0.176. The smallest absolute Gasteiger partial charge is 0.170 e. The van der Waals surface area contributed by atoms with Crippen molar-refractivity contribution in [2.75, 3.05) is 0 Å². The molecule has 0 spiro atoms. The number of benzene rings is 1. The summed E-state index contributed by atoms with van der Waals surface area (Å²) in [6.07, 6.45) is 0.458. The van der Waals surface area contributed by atoms with E-state index in [0.29, 0.717) is 6.42 Å². The average Bonchev–Trinajstić information content (AvgIpc) is 2.05. The van der Waals surface area contributed by atoms with Gasteiger partial charge in [-0.05, 0) is 48.6 Å². The normalized spacial score (nSPS) is 18.6. The summed E-state index contributed by atoms with van der Waals surface area (Å²) in [7, 11) is 0. The SMILES string of the molecule is CC1(C)CC(=O)c2cccc(I)c2O1. The van der Waals surface area contributed by atoms with Crippen molar-refractivity contribution >= 4 is 28.4 Å². The molecule has 1 heterocycles. The fraction of sp³-hybridized carbons (Fsp3) is 0.364. The van der Waals surface area contributed by atoms with E-state index in [4.69, 9.17) is 4.74 Å². The molecule has 74 valence electrons. The van der Waals surface area contributed by atoms with E-state index in [1.54, 1.807) is 0 Å². The number of ether oxygens (including phenoxy) is 1. The Morgan fingerprint density at radius 1 is 1.43 bits per heavy atom. The van der Waals surface area contributed by atoms with Crippen LogP contribution in [0.15, 0.2) is 18.2 Å². The zero-order valence-corrected chi connectivity index (χ0v) is 10.3. The van der Waals surface area contributed by atoms with Crippen molar-refractivity contribution in [3.05, 3.63) is 27.3 Å². The van der Waals surface area contributed by atoms with Crippen LogP contribution in [0.2, 0.25) is 0 Å². The molecular formula is C11H11IO2. The number of hydrogen-bond acceptors (Lipinski definition) is 2. The highest BCUT2D eigenvalue weighted by molar-refractivity contribution is 14.1. The first-order valence-electron chi connectivity index (χ1n) is 4.50. The summed E-state index contributed by atoms with van der Waals surface area (Å²) in [5.74, 6) is 0.920. The molecule has 1 aliphatic rings. The third-order valence-electron chi connectivity index (χ3n) is 2.23. The van der Waals surface area contributed by atoms with Crippen LogP contribution in [0.25, 0.3) is 0 Å². The first-order chi connectivity index (χ1) is 6.49. The molecule has 0 saturated carbocycles. The number of halogens is 1. The fourth-order valence-corrected chi connectivity index (χ4v) is 2.23. The van der Waals surface area contributed by atoms with Crippen molar-refractivity contribution in [1.82, 2.24) is 0 Å². The number of para-hydroxylation sites is 1. The van der Waals surface area contributed by atoms with E-state index >= 15 is 0 Å². The summed E-state index contributed by atoms with van der Waals surface area (Å²) in [5, 5.41) is 0. The Morgan fingerprint density at radius 3 is 2.86 bits per heavy atom. The van der Waals surface area contributed by atoms with Gasteiger partial charge in [-0.15, -0.1) is 0 Å². The van der Waals surface area contributed by atoms with E-state index in [1.165, 1.54) is 0 Å². The van der Waals surface area contributed by atoms with Crippen molar-refractivity contribution in [1.29, 1.82) is 0 Å². The van der Waals surface area contributed by atoms with Crippen molar-refractivity contribution in [3.63, 3.8) is 0 Å². The van der Waals surface area contributed by atoms with Crippen LogP contribution in [0, 0.1) is 3.57 Å². The third-order valence-corrected chi connectivity index (χ3v) is 3.08. The van der Waals surface area contributed by atoms with Gasteiger partial charge in [-0.2, -0.15) is 0 Å². The van der Waals surface area contributed by atoms with Gasteiger partial charge in [-0.3, -0.25) is 4.79 Å². The molecule has 0 aromatic heterocycles. The second-order valence-corrected chi connectivity index (χ2v) is 5.24. The third kappa shape index (κ3) is 1.65. The molecule has 0 unspecified atom stereocenters. The maximum Gasteiger partial charge on any atom is 0.170 e. The summed E-state index contributed by atoms with van der Waals surface area (Å²) in [4.78, 5) is 11.8. The molecule has 2 rings (SSSR count). The quantitative estimate of drug-likeness (QED) is 0.689. The minimum atomic E-state index is -0.370. The lowest BCUT2D eigenvalue weighted by Gasteiger charge is -2.32. The molecule has 0 saturated heterocycles. The van der Waals surface area contributed by atoms with Crippen molar-refractivity contribution in [2.24, 2.45) is 0 Å². The highest BCUT2D eigenvalue weighted by Gasteiger charge is 2.33. The van der Waals surface area contributed by atoms with Gasteiger partial charge in [-0.1, -0.05) is 6.07 Å². The maximum atomic E-state index is 11.8. The van der Waals surface area contributed by atoms with E-state index in [0.717, 1.165) is 14.9 Å². The van der Waals surface area contributed by atoms with Gasteiger partial charge in [0.25, 0.3) is 0 Å². The Morgan fingerprint density at radius 2 is 2.14 bits per heavy atom. The molecule has 0 radical (unpaired) electrons. The molecule has 1 aliphatic heterocycles. The summed E-state index contributed by atoms with van der Waals surface area (Å²) >= 11 is 2.19. The lowest BCUT2D eigenvalue weighted by atomic mass is 9.93. The molecule has 1 aromatic carbocycles. The molecule has 2 nitrogen and oxygen atoms in total. The molecule has 1 aromatic rings. The van der Waals surface area contributed by atoms with Crippen LogP contribution >= 0.6 is 22.6 Å². The molecule has 0 fully saturated rings. The van der Waals surface area contributed by atoms with Crippen LogP contribution in [-0.4, -0.2) is 11.4 Å². The van der Waals surface area contributed by atoms with Crippen molar-refractivity contribution in [2.45, 2.75) is 25.9 Å². The molecule has 0 atom stereocenters. The predicted molar refractivity (Wildman–Crippen MR) is 62.8 cm³/mol. The van der Waals surface area contributed by atoms with Gasteiger partial charge in [0.1, 0.15) is 11.4 Å². The standard InChI is InChI=1S/C11H11IO2/c1-11(2)6-9(13)7-4-3-5-8(12)10(7)14-11/h3-5H,6H2,1-2H3. The number of Topliss-reactive ketones (excluding diaryl/α,β-unsaturated/α-hetero) is 1. The molecule has 0 amide bonds. The van der Waals surface area contributed by atoms with Gasteiger partial charge < -0.3 is 4.74 Å². The topological polar surface area (TPSA) is 26.3 Å². The van der Waals surface area contributed by atoms with Gasteiger partial charge in [0, 0.05) is 0 Å². The van der Waals surface area contributed by atoms with Crippen LogP contribution in [0.4, 0.5) is 0 Å². The first kappa shape index (κ1) is 9.96. The Kier molecular flexibility index (Phi) is 2.29. The lowest BCUT2D eigenvalue weighted by molar-refractivity contribution is 0.0615. The molecule has 14 heavy (non-hydrogen) atoms. The fourth-order valence-electron chi connectivity index (χ4n) is 1.63. The van der Waals surface area contributed by atoms with Gasteiger partial charge >= 0.3 is 0 Å². The Bertz CT molecular complexity index is 396. The van der Waals surface area contributed by atoms with Crippen molar-refractivity contribution < 1.29 is 9.53 Å². The monoisotopic (exact) mass is 302 g/mol. The Hall–Kier alpha value is -0.580. The van der Waals surface area contributed by atoms with E-state index in [2.05, 4.69) is 22.6 Å². The van der Waals surface area contributed by atoms with E-state index in [9.17, 15) is 4.79 Å². The highest BCUT2D eigenvalue weighted by atomic mass is 127. The maximum absolute atomic E-state index is 11.8. The Labute approximate surface area is 96.8 Å². The van der Waals surface area contributed by atoms with Crippen LogP contribution in [-0.2, 0) is 0 Å². The van der Waals surface area contributed by atoms with E-state index < -0.39 is 0 Å². The summed E-state index contributed by atoms with van der Waals surface area (Å²) in [5.41, 5.74) is 0.349. The van der Waals surface area contributed by atoms with Gasteiger partial charge in [0.05, 0.1) is 15.6 Å². The van der Waals surface area contributed by atoms with Crippen molar-refractivity contribution in [3.8, 4) is 5.75 Å². The molecular weight excluding hydrogens is 291 g/mol. The molecule has 3 heteroatoms. The predicted octanol–water partition coefficient (Wildman–Crippen LogP) is 3.04. The number of rotatable bonds is 0. The molecule has 0 aliphatic carbocycles. The Balaban J connectivity index is 2.56. The van der Waals surface area contributed by atoms with Crippen LogP contribution in [0.5, 0.6) is 5.75 Å². The lowest BCUT2D eigenvalue weighted by Crippen LogP contribution is -2.36. The van der Waals surface area contributed by atoms with Crippen LogP contribution < -0.4 is 4.74 Å². The largest absolute Gasteiger partial charge is 0.486 e. The number of carbonyl (C=O) groups excluding carboxylic acids is 1. The second-order valence-electron chi connectivity index (χ2n) is 4.08. The molecule has 0 N–H and O–H groups in total. The summed E-state index contributed by atoms with van der Waals surface area (Å²) in [6, 6.07) is 5.67. The highest BCUT2D eigenvalue weighted by Crippen LogP contribution is 2.36. The zero-order valence-electron chi connectivity index (χ0n) is 8.13. The van der Waals surface area contributed by atoms with Gasteiger partial charge in [-0.25, -0.2) is 0 Å². The van der Waals surface area contributed by atoms with Gasteiger partial charge in [0.15, 0.2) is 5.78 Å². The summed E-state index contributed by atoms with van der Waals surface area (Å²) in [6.45, 7) is 3.88. The number of fused-ring (bicyclic) bond motifs is 1. The van der Waals surface area contributed by atoms with E-state index in [1.807, 2.05) is 32.0 Å². The number of carbonyl (C=O) groups is 1. The second kappa shape index (κ2) is 3.22. The first-order valence-corrected chi connectivity index (χ1v) is 5.58. The van der Waals surface area contributed by atoms with Crippen LogP contribution in [0.1, 0.15) is 30.6 Å². The van der Waals surface area contributed by atoms with Crippen LogP contribution in [0.3, 0.4) is 0 Å². The van der Waals surface area contributed by atoms with Gasteiger partial charge in [0.2, 0.25) is 0 Å². The number of hydrogen-bond donors (Lipinski definition) is 0. The average molecular weight is 302 g/mol. The molecule has 0 bridgehead atoms. The summed E-state index contributed by atoms with van der Waals surface area (Å²) < 4.78 is 6.79. The number of ketones is 1.